The number of halogens is 1. The zero-order valence-corrected chi connectivity index (χ0v) is 10.3. The highest BCUT2D eigenvalue weighted by Gasteiger charge is 2.21. The molecule has 0 amide bonds. The maximum absolute atomic E-state index is 10.7. The highest BCUT2D eigenvalue weighted by atomic mass is 79.9. The molecule has 1 aromatic rings. The molecule has 0 aliphatic carbocycles. The van der Waals surface area contributed by atoms with Crippen LogP contribution < -0.4 is 0 Å². The maximum atomic E-state index is 10.7. The molecule has 5 heteroatoms. The first-order valence-electron chi connectivity index (χ1n) is 5.09. The molecule has 2 heterocycles. The van der Waals surface area contributed by atoms with Crippen LogP contribution in [0.5, 0.6) is 0 Å². The summed E-state index contributed by atoms with van der Waals surface area (Å²) in [7, 11) is 2.13. The molecule has 0 unspecified atom stereocenters. The third-order valence-corrected chi connectivity index (χ3v) is 3.74. The van der Waals surface area contributed by atoms with Gasteiger partial charge in [-0.05, 0) is 48.9 Å². The smallest absolute Gasteiger partial charge is 0.154 e. The van der Waals surface area contributed by atoms with Crippen molar-refractivity contribution in [1.82, 2.24) is 14.7 Å². The molecule has 0 aromatic carbocycles. The van der Waals surface area contributed by atoms with Crippen molar-refractivity contribution < 1.29 is 4.79 Å². The van der Waals surface area contributed by atoms with E-state index in [1.165, 1.54) is 0 Å². The van der Waals surface area contributed by atoms with Crippen LogP contribution in [0.1, 0.15) is 29.2 Å². The number of nitrogens with zero attached hydrogens (tertiary/aromatic N) is 3. The van der Waals surface area contributed by atoms with E-state index in [0.29, 0.717) is 11.6 Å². The summed E-state index contributed by atoms with van der Waals surface area (Å²) in [6.45, 7) is 2.18. The van der Waals surface area contributed by atoms with Crippen LogP contribution in [0.4, 0.5) is 0 Å². The lowest BCUT2D eigenvalue weighted by molar-refractivity contribution is 0.112. The average molecular weight is 272 g/mol. The van der Waals surface area contributed by atoms with Crippen LogP contribution in [0.3, 0.4) is 0 Å². The summed E-state index contributed by atoms with van der Waals surface area (Å²) in [5.41, 5.74) is 0.633. The normalized spacial score (nSPS) is 19.3. The van der Waals surface area contributed by atoms with Crippen LogP contribution in [0.25, 0.3) is 0 Å². The molecule has 15 heavy (non-hydrogen) atoms. The van der Waals surface area contributed by atoms with E-state index in [1.807, 2.05) is 4.68 Å². The van der Waals surface area contributed by atoms with Gasteiger partial charge in [0.2, 0.25) is 0 Å². The van der Waals surface area contributed by atoms with Gasteiger partial charge in [-0.25, -0.2) is 0 Å². The lowest BCUT2D eigenvalue weighted by Crippen LogP contribution is -2.31. The number of carbonyl (C=O) groups excluding carboxylic acids is 1. The second-order valence-corrected chi connectivity index (χ2v) is 4.74. The Morgan fingerprint density at radius 2 is 2.20 bits per heavy atom. The van der Waals surface area contributed by atoms with E-state index >= 15 is 0 Å². The van der Waals surface area contributed by atoms with Crippen LogP contribution >= 0.6 is 15.9 Å². The first-order valence-corrected chi connectivity index (χ1v) is 5.88. The monoisotopic (exact) mass is 271 g/mol. The Morgan fingerprint density at radius 1 is 1.53 bits per heavy atom. The molecular weight excluding hydrogens is 258 g/mol. The van der Waals surface area contributed by atoms with E-state index in [2.05, 4.69) is 33.0 Å². The Kier molecular flexibility index (Phi) is 3.21. The Bertz CT molecular complexity index is 356. The Morgan fingerprint density at radius 3 is 2.73 bits per heavy atom. The van der Waals surface area contributed by atoms with Crippen LogP contribution in [0, 0.1) is 0 Å². The lowest BCUT2D eigenvalue weighted by Gasteiger charge is -2.29. The van der Waals surface area contributed by atoms with Gasteiger partial charge in [-0.3, -0.25) is 9.48 Å². The first kappa shape index (κ1) is 10.8. The van der Waals surface area contributed by atoms with Crippen LogP contribution in [-0.4, -0.2) is 41.1 Å². The molecule has 82 valence electrons. The Hall–Kier alpha value is -0.680. The fourth-order valence-electron chi connectivity index (χ4n) is 1.93. The Balaban J connectivity index is 2.15. The van der Waals surface area contributed by atoms with Crippen molar-refractivity contribution in [2.75, 3.05) is 20.1 Å². The molecule has 0 bridgehead atoms. The number of hydrogen-bond acceptors (Lipinski definition) is 3. The molecule has 2 rings (SSSR count). The second-order valence-electron chi connectivity index (χ2n) is 3.99. The van der Waals surface area contributed by atoms with Gasteiger partial charge in [-0.1, -0.05) is 0 Å². The number of likely N-dealkylation sites (tertiary alicyclic amines) is 1. The summed E-state index contributed by atoms with van der Waals surface area (Å²) in [6, 6.07) is 0.421. The summed E-state index contributed by atoms with van der Waals surface area (Å²) < 4.78 is 2.74. The summed E-state index contributed by atoms with van der Waals surface area (Å²) in [5, 5.41) is 4.26. The third-order valence-electron chi connectivity index (χ3n) is 2.92. The van der Waals surface area contributed by atoms with Gasteiger partial charge in [0, 0.05) is 0 Å². The quantitative estimate of drug-likeness (QED) is 0.769. The first-order chi connectivity index (χ1) is 7.22. The predicted molar refractivity (Wildman–Crippen MR) is 61.1 cm³/mol. The predicted octanol–water partition coefficient (Wildman–Crippen LogP) is 1.72. The van der Waals surface area contributed by atoms with E-state index in [1.54, 1.807) is 6.20 Å². The van der Waals surface area contributed by atoms with Gasteiger partial charge >= 0.3 is 0 Å². The topological polar surface area (TPSA) is 38.1 Å². The van der Waals surface area contributed by atoms with Crippen molar-refractivity contribution >= 4 is 22.2 Å². The summed E-state index contributed by atoms with van der Waals surface area (Å²) >= 11 is 3.42. The number of hydrogen-bond donors (Lipinski definition) is 0. The zero-order chi connectivity index (χ0) is 10.8. The fourth-order valence-corrected chi connectivity index (χ4v) is 2.51. The highest BCUT2D eigenvalue weighted by Crippen LogP contribution is 2.26. The number of carbonyl (C=O) groups is 1. The van der Waals surface area contributed by atoms with Crippen molar-refractivity contribution in [3.05, 3.63) is 16.4 Å². The Labute approximate surface area is 97.4 Å². The molecule has 1 aliphatic rings. The number of piperidine rings is 1. The maximum Gasteiger partial charge on any atom is 0.154 e. The minimum atomic E-state index is 0.421. The molecular formula is C10H14BrN3O. The standard InChI is InChI=1S/C10H14BrN3O/c1-13-4-2-9(3-5-13)14-10(11)8(7-15)6-12-14/h6-7,9H,2-5H2,1H3. The fraction of sp³-hybridized carbons (Fsp3) is 0.600. The SMILES string of the molecule is CN1CCC(n2ncc(C=O)c2Br)CC1. The largest absolute Gasteiger partial charge is 0.306 e. The van der Waals surface area contributed by atoms with Crippen LogP contribution in [-0.2, 0) is 0 Å². The van der Waals surface area contributed by atoms with Gasteiger partial charge in [-0.15, -0.1) is 0 Å². The lowest BCUT2D eigenvalue weighted by atomic mass is 10.1. The average Bonchev–Trinajstić information content (AvgIpc) is 2.61. The minimum absolute atomic E-state index is 0.421. The van der Waals surface area contributed by atoms with E-state index in [-0.39, 0.29) is 0 Å². The van der Waals surface area contributed by atoms with Crippen molar-refractivity contribution in [3.63, 3.8) is 0 Å². The van der Waals surface area contributed by atoms with E-state index in [4.69, 9.17) is 0 Å². The molecule has 0 radical (unpaired) electrons. The highest BCUT2D eigenvalue weighted by molar-refractivity contribution is 9.10. The molecule has 1 aliphatic heterocycles. The van der Waals surface area contributed by atoms with Crippen LogP contribution in [0.15, 0.2) is 10.8 Å². The molecule has 1 saturated heterocycles. The molecule has 0 spiro atoms. The zero-order valence-electron chi connectivity index (χ0n) is 8.69. The molecule has 0 saturated carbocycles. The van der Waals surface area contributed by atoms with E-state index < -0.39 is 0 Å². The van der Waals surface area contributed by atoms with Gasteiger partial charge in [0.1, 0.15) is 4.60 Å². The van der Waals surface area contributed by atoms with Gasteiger partial charge in [0.25, 0.3) is 0 Å². The summed E-state index contributed by atoms with van der Waals surface area (Å²) in [4.78, 5) is 13.0. The van der Waals surface area contributed by atoms with E-state index in [9.17, 15) is 4.79 Å². The van der Waals surface area contributed by atoms with Gasteiger partial charge in [0.05, 0.1) is 17.8 Å². The molecule has 0 N–H and O–H groups in total. The summed E-state index contributed by atoms with van der Waals surface area (Å²) in [6.07, 6.45) is 4.64. The van der Waals surface area contributed by atoms with Gasteiger partial charge in [-0.2, -0.15) is 5.10 Å². The molecule has 1 aromatic heterocycles. The van der Waals surface area contributed by atoms with E-state index in [0.717, 1.165) is 36.8 Å². The molecule has 0 atom stereocenters. The number of rotatable bonds is 2. The molecule has 4 nitrogen and oxygen atoms in total. The third kappa shape index (κ3) is 2.13. The van der Waals surface area contributed by atoms with Gasteiger partial charge < -0.3 is 4.90 Å². The van der Waals surface area contributed by atoms with Crippen molar-refractivity contribution in [3.8, 4) is 0 Å². The summed E-state index contributed by atoms with van der Waals surface area (Å²) in [5.74, 6) is 0. The number of aldehydes is 1. The number of aromatic nitrogens is 2. The van der Waals surface area contributed by atoms with Crippen molar-refractivity contribution in [2.24, 2.45) is 0 Å². The second kappa shape index (κ2) is 4.45. The van der Waals surface area contributed by atoms with Crippen molar-refractivity contribution in [1.29, 1.82) is 0 Å². The molecule has 1 fully saturated rings. The van der Waals surface area contributed by atoms with Gasteiger partial charge in [0.15, 0.2) is 6.29 Å². The minimum Gasteiger partial charge on any atom is -0.306 e. The van der Waals surface area contributed by atoms with Crippen LogP contribution in [0.2, 0.25) is 0 Å². The van der Waals surface area contributed by atoms with Crippen molar-refractivity contribution in [2.45, 2.75) is 18.9 Å².